The third-order valence-corrected chi connectivity index (χ3v) is 3.71. The number of nitrogens with one attached hydrogen (secondary N) is 2. The Balaban J connectivity index is 2.17. The van der Waals surface area contributed by atoms with Crippen molar-refractivity contribution in [2.75, 3.05) is 0 Å². The molecule has 0 saturated heterocycles. The molecule has 0 aliphatic heterocycles. The van der Waals surface area contributed by atoms with E-state index in [-0.39, 0.29) is 0 Å². The maximum atomic E-state index is 11.3. The van der Waals surface area contributed by atoms with Gasteiger partial charge in [-0.05, 0) is 5.92 Å². The van der Waals surface area contributed by atoms with Gasteiger partial charge in [0.1, 0.15) is 5.82 Å². The zero-order valence-electron chi connectivity index (χ0n) is 11.9. The molecule has 0 bridgehead atoms. The first kappa shape index (κ1) is 15.5. The van der Waals surface area contributed by atoms with E-state index in [0.717, 1.165) is 17.5 Å². The maximum Gasteiger partial charge on any atom is 0.325 e. The minimum atomic E-state index is -0.510. The van der Waals surface area contributed by atoms with E-state index < -0.39 is 11.2 Å². The van der Waals surface area contributed by atoms with Crippen LogP contribution in [0.2, 0.25) is 0 Å². The average molecular weight is 310 g/mol. The molecule has 9 heteroatoms. The minimum absolute atomic E-state index is 0.322. The van der Waals surface area contributed by atoms with Crippen molar-refractivity contribution in [1.82, 2.24) is 24.7 Å². The first-order valence-corrected chi connectivity index (χ1v) is 7.55. The van der Waals surface area contributed by atoms with Gasteiger partial charge in [0.05, 0.1) is 6.54 Å². The van der Waals surface area contributed by atoms with Crippen molar-refractivity contribution in [3.63, 3.8) is 0 Å². The zero-order chi connectivity index (χ0) is 15.4. The summed E-state index contributed by atoms with van der Waals surface area (Å²) in [5.74, 6) is 1.59. The minimum Gasteiger partial charge on any atom is -0.324 e. The summed E-state index contributed by atoms with van der Waals surface area (Å²) in [6.45, 7) is 5.29. The molecule has 0 atom stereocenters. The van der Waals surface area contributed by atoms with Crippen molar-refractivity contribution in [2.45, 2.75) is 37.8 Å². The first-order chi connectivity index (χ1) is 9.99. The van der Waals surface area contributed by atoms with Crippen LogP contribution in [0.4, 0.5) is 0 Å². The van der Waals surface area contributed by atoms with Crippen molar-refractivity contribution in [3.8, 4) is 0 Å². The molecule has 0 unspecified atom stereocenters. The molecule has 2 aromatic rings. The van der Waals surface area contributed by atoms with Crippen molar-refractivity contribution >= 4 is 11.8 Å². The van der Waals surface area contributed by atoms with E-state index >= 15 is 0 Å². The molecule has 0 fully saturated rings. The largest absolute Gasteiger partial charge is 0.325 e. The van der Waals surface area contributed by atoms with Crippen molar-refractivity contribution in [3.05, 3.63) is 38.4 Å². The number of nitrogens with zero attached hydrogens (tertiary/aromatic N) is 3. The summed E-state index contributed by atoms with van der Waals surface area (Å²) in [5.41, 5.74) is 5.28. The molecule has 4 N–H and O–H groups in total. The monoisotopic (exact) mass is 310 g/mol. The number of thioether (sulfide) groups is 1. The zero-order valence-corrected chi connectivity index (χ0v) is 12.7. The lowest BCUT2D eigenvalue weighted by Crippen LogP contribution is -2.22. The molecule has 2 rings (SSSR count). The summed E-state index contributed by atoms with van der Waals surface area (Å²) in [7, 11) is 0. The van der Waals surface area contributed by atoms with E-state index in [2.05, 4.69) is 34.0 Å². The van der Waals surface area contributed by atoms with E-state index in [9.17, 15) is 9.59 Å². The number of nitrogens with two attached hydrogens (primary N) is 1. The van der Waals surface area contributed by atoms with Crippen LogP contribution in [0.5, 0.6) is 0 Å². The number of hydrogen-bond donors (Lipinski definition) is 3. The van der Waals surface area contributed by atoms with Crippen LogP contribution in [-0.4, -0.2) is 24.7 Å². The number of aromatic amines is 2. The molecular weight excluding hydrogens is 292 g/mol. The standard InChI is InChI=1S/C12H18N6O2S/c1-7(2)5-18-9(4-13)16-17-12(18)21-6-8-3-10(19)15-11(20)14-8/h3,7H,4-6,13H2,1-2H3,(H2,14,15,19,20). The fraction of sp³-hybridized carbons (Fsp3) is 0.500. The Morgan fingerprint density at radius 1 is 1.33 bits per heavy atom. The van der Waals surface area contributed by atoms with E-state index in [1.807, 2.05) is 4.57 Å². The molecule has 0 spiro atoms. The summed E-state index contributed by atoms with van der Waals surface area (Å²) < 4.78 is 1.97. The van der Waals surface area contributed by atoms with Crippen LogP contribution in [0.3, 0.4) is 0 Å². The predicted octanol–water partition coefficient (Wildman–Crippen LogP) is 0.0617. The molecular formula is C12H18N6O2S. The predicted molar refractivity (Wildman–Crippen MR) is 80.0 cm³/mol. The Labute approximate surface area is 125 Å². The highest BCUT2D eigenvalue weighted by Crippen LogP contribution is 2.21. The first-order valence-electron chi connectivity index (χ1n) is 6.57. The highest BCUT2D eigenvalue weighted by Gasteiger charge is 2.13. The topological polar surface area (TPSA) is 122 Å². The number of aromatic nitrogens is 5. The highest BCUT2D eigenvalue weighted by atomic mass is 32.2. The fourth-order valence-electron chi connectivity index (χ4n) is 1.86. The van der Waals surface area contributed by atoms with Crippen LogP contribution < -0.4 is 17.0 Å². The molecule has 0 aliphatic rings. The number of hydrogen-bond acceptors (Lipinski definition) is 6. The van der Waals surface area contributed by atoms with Gasteiger partial charge in [0.2, 0.25) is 0 Å². The molecule has 2 aromatic heterocycles. The van der Waals surface area contributed by atoms with Crippen molar-refractivity contribution < 1.29 is 0 Å². The Kier molecular flexibility index (Phi) is 4.97. The van der Waals surface area contributed by atoms with E-state index in [1.54, 1.807) is 0 Å². The van der Waals surface area contributed by atoms with Crippen LogP contribution >= 0.6 is 11.8 Å². The lowest BCUT2D eigenvalue weighted by Gasteiger charge is -2.11. The molecule has 8 nitrogen and oxygen atoms in total. The fourth-order valence-corrected chi connectivity index (χ4v) is 2.74. The summed E-state index contributed by atoms with van der Waals surface area (Å²) in [6, 6.07) is 1.36. The van der Waals surface area contributed by atoms with Gasteiger partial charge in [-0.15, -0.1) is 10.2 Å². The molecule has 114 valence electrons. The van der Waals surface area contributed by atoms with E-state index in [0.29, 0.717) is 23.9 Å². The Bertz CT molecular complexity index is 689. The smallest absolute Gasteiger partial charge is 0.324 e. The van der Waals surface area contributed by atoms with Crippen molar-refractivity contribution in [2.24, 2.45) is 11.7 Å². The second-order valence-electron chi connectivity index (χ2n) is 5.01. The third kappa shape index (κ3) is 4.05. The summed E-state index contributed by atoms with van der Waals surface area (Å²) in [6.07, 6.45) is 0. The molecule has 2 heterocycles. The van der Waals surface area contributed by atoms with Crippen molar-refractivity contribution in [1.29, 1.82) is 0 Å². The second kappa shape index (κ2) is 6.72. The highest BCUT2D eigenvalue weighted by molar-refractivity contribution is 7.98. The van der Waals surface area contributed by atoms with Crippen LogP contribution in [0, 0.1) is 5.92 Å². The van der Waals surface area contributed by atoms with Gasteiger partial charge in [-0.25, -0.2) is 4.79 Å². The molecule has 0 aromatic carbocycles. The van der Waals surface area contributed by atoms with Gasteiger partial charge in [0.15, 0.2) is 5.16 Å². The second-order valence-corrected chi connectivity index (χ2v) is 5.95. The lowest BCUT2D eigenvalue weighted by atomic mass is 10.2. The maximum absolute atomic E-state index is 11.3. The van der Waals surface area contributed by atoms with Gasteiger partial charge in [0, 0.05) is 24.1 Å². The van der Waals surface area contributed by atoms with Crippen LogP contribution in [0.15, 0.2) is 20.8 Å². The molecule has 0 aliphatic carbocycles. The molecule has 0 saturated carbocycles. The summed E-state index contributed by atoms with van der Waals surface area (Å²) >= 11 is 1.41. The Hall–Kier alpha value is -1.87. The Morgan fingerprint density at radius 3 is 2.71 bits per heavy atom. The van der Waals surface area contributed by atoms with Gasteiger partial charge in [-0.2, -0.15) is 0 Å². The quantitative estimate of drug-likeness (QED) is 0.649. The Morgan fingerprint density at radius 2 is 2.10 bits per heavy atom. The van der Waals surface area contributed by atoms with Crippen LogP contribution in [-0.2, 0) is 18.8 Å². The third-order valence-electron chi connectivity index (χ3n) is 2.70. The van der Waals surface area contributed by atoms with Gasteiger partial charge in [-0.3, -0.25) is 9.78 Å². The van der Waals surface area contributed by atoms with Gasteiger partial charge in [-0.1, -0.05) is 25.6 Å². The summed E-state index contributed by atoms with van der Waals surface area (Å²) in [5, 5.41) is 8.91. The molecule has 21 heavy (non-hydrogen) atoms. The number of H-pyrrole nitrogens is 2. The summed E-state index contributed by atoms with van der Waals surface area (Å²) in [4.78, 5) is 27.2. The lowest BCUT2D eigenvalue weighted by molar-refractivity contribution is 0.480. The van der Waals surface area contributed by atoms with Crippen LogP contribution in [0.25, 0.3) is 0 Å². The molecule has 0 amide bonds. The van der Waals surface area contributed by atoms with Gasteiger partial charge in [0.25, 0.3) is 5.56 Å². The SMILES string of the molecule is CC(C)Cn1c(CN)nnc1SCc1cc(=O)[nH]c(=O)[nH]1. The van der Waals surface area contributed by atoms with E-state index in [1.165, 1.54) is 17.8 Å². The molecule has 0 radical (unpaired) electrons. The van der Waals surface area contributed by atoms with Crippen LogP contribution in [0.1, 0.15) is 25.4 Å². The van der Waals surface area contributed by atoms with E-state index in [4.69, 9.17) is 5.73 Å². The normalized spacial score (nSPS) is 11.2. The van der Waals surface area contributed by atoms with Gasteiger partial charge >= 0.3 is 5.69 Å². The van der Waals surface area contributed by atoms with Gasteiger partial charge < -0.3 is 15.3 Å². The number of rotatable bonds is 6. The average Bonchev–Trinajstić information content (AvgIpc) is 2.76.